The molecule has 1 aromatic rings. The van der Waals surface area contributed by atoms with Crippen LogP contribution in [0.15, 0.2) is 24.3 Å². The largest absolute Gasteiger partial charge is 0.480 e. The molecule has 1 aromatic carbocycles. The predicted octanol–water partition coefficient (Wildman–Crippen LogP) is 1.69. The number of hydrogen-bond acceptors (Lipinski definition) is 3. The number of aliphatic hydroxyl groups excluding tert-OH is 1. The van der Waals surface area contributed by atoms with Crippen LogP contribution in [-0.4, -0.2) is 45.8 Å². The number of para-hydroxylation sites is 1. The molecule has 1 heterocycles. The van der Waals surface area contributed by atoms with E-state index in [2.05, 4.69) is 12.2 Å². The second kappa shape index (κ2) is 6.58. The molecule has 0 saturated carbocycles. The number of carboxylic acids is 1. The van der Waals surface area contributed by atoms with Gasteiger partial charge in [0.15, 0.2) is 0 Å². The van der Waals surface area contributed by atoms with Gasteiger partial charge in [-0.3, -0.25) is 0 Å². The summed E-state index contributed by atoms with van der Waals surface area (Å²) in [6, 6.07) is 6.00. The number of benzene rings is 1. The van der Waals surface area contributed by atoms with Gasteiger partial charge in [-0.15, -0.1) is 0 Å². The van der Waals surface area contributed by atoms with Gasteiger partial charge < -0.3 is 20.4 Å². The quantitative estimate of drug-likeness (QED) is 0.787. The fourth-order valence-electron chi connectivity index (χ4n) is 2.59. The highest BCUT2D eigenvalue weighted by Gasteiger charge is 2.39. The lowest BCUT2D eigenvalue weighted by molar-refractivity contribution is -0.141. The number of β-amino-alcohol motifs (C(OH)–C–C–N with tert-alkyl or cyclic N) is 1. The molecule has 3 N–H and O–H groups in total. The number of carbonyl (C=O) groups is 2. The van der Waals surface area contributed by atoms with E-state index in [0.717, 1.165) is 18.4 Å². The molecule has 2 atom stereocenters. The summed E-state index contributed by atoms with van der Waals surface area (Å²) < 4.78 is 0. The molecule has 2 rings (SSSR count). The SMILES string of the molecule is CCCc1ccccc1NC(=O)N1CC(O)C[C@H]1C(=O)O. The van der Waals surface area contributed by atoms with Crippen LogP contribution in [0, 0.1) is 0 Å². The second-order valence-corrected chi connectivity index (χ2v) is 5.23. The highest BCUT2D eigenvalue weighted by Crippen LogP contribution is 2.22. The Morgan fingerprint density at radius 2 is 2.10 bits per heavy atom. The molecule has 2 amide bonds. The Morgan fingerprint density at radius 3 is 2.76 bits per heavy atom. The van der Waals surface area contributed by atoms with Gasteiger partial charge in [-0.25, -0.2) is 9.59 Å². The Balaban J connectivity index is 2.12. The van der Waals surface area contributed by atoms with Crippen LogP contribution in [0.1, 0.15) is 25.3 Å². The number of aliphatic hydroxyl groups is 1. The molecule has 6 nitrogen and oxygen atoms in total. The normalized spacial score (nSPS) is 21.3. The minimum atomic E-state index is -1.09. The van der Waals surface area contributed by atoms with Crippen molar-refractivity contribution < 1.29 is 19.8 Å². The number of carboxylic acid groups (broad SMARTS) is 1. The van der Waals surface area contributed by atoms with Crippen LogP contribution in [0.25, 0.3) is 0 Å². The van der Waals surface area contributed by atoms with Crippen LogP contribution >= 0.6 is 0 Å². The van der Waals surface area contributed by atoms with Crippen molar-refractivity contribution in [2.45, 2.75) is 38.3 Å². The van der Waals surface area contributed by atoms with Gasteiger partial charge in [0.25, 0.3) is 0 Å². The minimum absolute atomic E-state index is 0.0404. The zero-order valence-electron chi connectivity index (χ0n) is 12.0. The van der Waals surface area contributed by atoms with Gasteiger partial charge in [-0.1, -0.05) is 31.5 Å². The average Bonchev–Trinajstić information content (AvgIpc) is 2.84. The predicted molar refractivity (Wildman–Crippen MR) is 78.2 cm³/mol. The molecule has 0 aromatic heterocycles. The Kier molecular flexibility index (Phi) is 4.80. The van der Waals surface area contributed by atoms with E-state index in [9.17, 15) is 14.7 Å². The number of anilines is 1. The summed E-state index contributed by atoms with van der Waals surface area (Å²) in [4.78, 5) is 24.6. The van der Waals surface area contributed by atoms with Crippen LogP contribution in [-0.2, 0) is 11.2 Å². The third-order valence-corrected chi connectivity index (χ3v) is 3.60. The summed E-state index contributed by atoms with van der Waals surface area (Å²) in [6.07, 6.45) is 1.07. The van der Waals surface area contributed by atoms with E-state index in [0.29, 0.717) is 5.69 Å². The maximum Gasteiger partial charge on any atom is 0.326 e. The first-order valence-electron chi connectivity index (χ1n) is 7.09. The van der Waals surface area contributed by atoms with Crippen molar-refractivity contribution in [1.29, 1.82) is 0 Å². The molecular weight excluding hydrogens is 272 g/mol. The molecule has 1 saturated heterocycles. The van der Waals surface area contributed by atoms with Gasteiger partial charge >= 0.3 is 12.0 Å². The lowest BCUT2D eigenvalue weighted by Gasteiger charge is -2.22. The first kappa shape index (κ1) is 15.3. The molecule has 0 radical (unpaired) electrons. The number of carbonyl (C=O) groups excluding carboxylic acids is 1. The molecule has 1 unspecified atom stereocenters. The summed E-state index contributed by atoms with van der Waals surface area (Å²) >= 11 is 0. The number of aliphatic carboxylic acids is 1. The van der Waals surface area contributed by atoms with Crippen molar-refractivity contribution in [2.75, 3.05) is 11.9 Å². The fourth-order valence-corrected chi connectivity index (χ4v) is 2.59. The zero-order chi connectivity index (χ0) is 15.4. The van der Waals surface area contributed by atoms with Crippen molar-refractivity contribution >= 4 is 17.7 Å². The first-order valence-corrected chi connectivity index (χ1v) is 7.09. The zero-order valence-corrected chi connectivity index (χ0v) is 12.0. The molecule has 0 aliphatic carbocycles. The maximum absolute atomic E-state index is 12.3. The second-order valence-electron chi connectivity index (χ2n) is 5.23. The van der Waals surface area contributed by atoms with Crippen LogP contribution in [0.5, 0.6) is 0 Å². The molecule has 1 fully saturated rings. The van der Waals surface area contributed by atoms with Crippen LogP contribution in [0.2, 0.25) is 0 Å². The molecule has 114 valence electrons. The van der Waals surface area contributed by atoms with E-state index < -0.39 is 24.1 Å². The third-order valence-electron chi connectivity index (χ3n) is 3.60. The van der Waals surface area contributed by atoms with Crippen LogP contribution in [0.4, 0.5) is 10.5 Å². The lowest BCUT2D eigenvalue weighted by atomic mass is 10.1. The summed E-state index contributed by atoms with van der Waals surface area (Å²) in [5.74, 6) is -1.09. The first-order chi connectivity index (χ1) is 10.0. The topological polar surface area (TPSA) is 89.9 Å². The Morgan fingerprint density at radius 1 is 1.38 bits per heavy atom. The van der Waals surface area contributed by atoms with Crippen LogP contribution < -0.4 is 5.32 Å². The Bertz CT molecular complexity index is 532. The highest BCUT2D eigenvalue weighted by atomic mass is 16.4. The van der Waals surface area contributed by atoms with Gasteiger partial charge in [-0.2, -0.15) is 0 Å². The van der Waals surface area contributed by atoms with Crippen LogP contribution in [0.3, 0.4) is 0 Å². The number of aryl methyl sites for hydroxylation is 1. The molecule has 1 aliphatic rings. The number of nitrogens with zero attached hydrogens (tertiary/aromatic N) is 1. The Labute approximate surface area is 123 Å². The van der Waals surface area contributed by atoms with Gasteiger partial charge in [-0.05, 0) is 18.1 Å². The number of amides is 2. The van der Waals surface area contributed by atoms with E-state index >= 15 is 0 Å². The highest BCUT2D eigenvalue weighted by molar-refractivity contribution is 5.93. The Hall–Kier alpha value is -2.08. The van der Waals surface area contributed by atoms with E-state index in [1.807, 2.05) is 18.2 Å². The molecule has 0 bridgehead atoms. The van der Waals surface area contributed by atoms with Crippen molar-refractivity contribution in [3.05, 3.63) is 29.8 Å². The molecular formula is C15H20N2O4. The third kappa shape index (κ3) is 3.52. The summed E-state index contributed by atoms with van der Waals surface area (Å²) in [5.41, 5.74) is 1.70. The van der Waals surface area contributed by atoms with Crippen molar-refractivity contribution in [3.63, 3.8) is 0 Å². The fraction of sp³-hybridized carbons (Fsp3) is 0.467. The van der Waals surface area contributed by atoms with E-state index in [1.54, 1.807) is 6.07 Å². The minimum Gasteiger partial charge on any atom is -0.480 e. The van der Waals surface area contributed by atoms with Crippen molar-refractivity contribution in [1.82, 2.24) is 4.90 Å². The standard InChI is InChI=1S/C15H20N2O4/c1-2-5-10-6-3-4-7-12(10)16-15(21)17-9-11(18)8-13(17)14(19)20/h3-4,6-7,11,13,18H,2,5,8-9H2,1H3,(H,16,21)(H,19,20)/t11?,13-/m0/s1. The number of likely N-dealkylation sites (tertiary alicyclic amines) is 1. The monoisotopic (exact) mass is 292 g/mol. The van der Waals surface area contributed by atoms with E-state index in [1.165, 1.54) is 4.90 Å². The summed E-state index contributed by atoms with van der Waals surface area (Å²) in [7, 11) is 0. The van der Waals surface area contributed by atoms with Crippen molar-refractivity contribution in [3.8, 4) is 0 Å². The number of urea groups is 1. The molecule has 0 spiro atoms. The number of hydrogen-bond donors (Lipinski definition) is 3. The van der Waals surface area contributed by atoms with E-state index in [4.69, 9.17) is 5.11 Å². The van der Waals surface area contributed by atoms with Gasteiger partial charge in [0, 0.05) is 18.7 Å². The molecule has 6 heteroatoms. The summed E-state index contributed by atoms with van der Waals surface area (Å²) in [5, 5.41) is 21.5. The molecule has 1 aliphatic heterocycles. The van der Waals surface area contributed by atoms with E-state index in [-0.39, 0.29) is 13.0 Å². The average molecular weight is 292 g/mol. The smallest absolute Gasteiger partial charge is 0.326 e. The number of rotatable bonds is 4. The number of nitrogens with one attached hydrogen (secondary N) is 1. The van der Waals surface area contributed by atoms with Gasteiger partial charge in [0.1, 0.15) is 6.04 Å². The maximum atomic E-state index is 12.3. The van der Waals surface area contributed by atoms with Crippen molar-refractivity contribution in [2.24, 2.45) is 0 Å². The molecule has 21 heavy (non-hydrogen) atoms. The van der Waals surface area contributed by atoms with Gasteiger partial charge in [0.05, 0.1) is 6.10 Å². The summed E-state index contributed by atoms with van der Waals surface area (Å²) in [6.45, 7) is 2.09. The van der Waals surface area contributed by atoms with Gasteiger partial charge in [0.2, 0.25) is 0 Å². The lowest BCUT2D eigenvalue weighted by Crippen LogP contribution is -2.43.